The van der Waals surface area contributed by atoms with E-state index >= 15 is 0 Å². The van der Waals surface area contributed by atoms with Crippen LogP contribution in [0.2, 0.25) is 5.02 Å². The number of benzene rings is 1. The number of carbonyl (C=O) groups excluding carboxylic acids is 2. The van der Waals surface area contributed by atoms with Crippen LogP contribution in [0.15, 0.2) is 24.3 Å². The van der Waals surface area contributed by atoms with Crippen LogP contribution in [-0.4, -0.2) is 18.4 Å². The molecule has 0 amide bonds. The van der Waals surface area contributed by atoms with Crippen molar-refractivity contribution in [2.45, 2.75) is 25.2 Å². The van der Waals surface area contributed by atoms with E-state index in [2.05, 4.69) is 0 Å². The summed E-state index contributed by atoms with van der Waals surface area (Å²) >= 11 is 5.83. The summed E-state index contributed by atoms with van der Waals surface area (Å²) in [6, 6.07) is 7.54. The molecular weight excluding hydrogens is 264 g/mol. The van der Waals surface area contributed by atoms with Crippen molar-refractivity contribution in [3.8, 4) is 0 Å². The molecule has 0 aliphatic heterocycles. The van der Waals surface area contributed by atoms with E-state index < -0.39 is 0 Å². The summed E-state index contributed by atoms with van der Waals surface area (Å²) in [5.41, 5.74) is 1.11. The van der Waals surface area contributed by atoms with Gasteiger partial charge < -0.3 is 4.74 Å². The number of halogens is 1. The van der Waals surface area contributed by atoms with Gasteiger partial charge in [0.05, 0.1) is 5.92 Å². The Morgan fingerprint density at radius 1 is 1.21 bits per heavy atom. The monoisotopic (exact) mass is 278 g/mol. The minimum absolute atomic E-state index is 0.0483. The first kappa shape index (κ1) is 12.7. The highest BCUT2D eigenvalue weighted by molar-refractivity contribution is 6.30. The van der Waals surface area contributed by atoms with E-state index in [-0.39, 0.29) is 36.1 Å². The van der Waals surface area contributed by atoms with E-state index in [4.69, 9.17) is 16.3 Å². The van der Waals surface area contributed by atoms with Gasteiger partial charge in [-0.15, -0.1) is 0 Å². The molecule has 2 atom stereocenters. The number of hydrogen-bond donors (Lipinski definition) is 0. The van der Waals surface area contributed by atoms with Gasteiger partial charge in [-0.1, -0.05) is 23.7 Å². The van der Waals surface area contributed by atoms with Crippen LogP contribution < -0.4 is 0 Å². The van der Waals surface area contributed by atoms with Crippen molar-refractivity contribution < 1.29 is 14.3 Å². The highest BCUT2D eigenvalue weighted by Gasteiger charge is 2.45. The molecule has 2 fully saturated rings. The van der Waals surface area contributed by atoms with Crippen LogP contribution in [-0.2, 0) is 14.3 Å². The lowest BCUT2D eigenvalue weighted by molar-refractivity contribution is -0.149. The van der Waals surface area contributed by atoms with Crippen LogP contribution in [0.3, 0.4) is 0 Å². The second kappa shape index (κ2) is 4.97. The molecule has 0 N–H and O–H groups in total. The van der Waals surface area contributed by atoms with Gasteiger partial charge in [0.1, 0.15) is 6.61 Å². The Bertz CT molecular complexity index is 505. The van der Waals surface area contributed by atoms with Crippen molar-refractivity contribution in [2.75, 3.05) is 6.61 Å². The quantitative estimate of drug-likeness (QED) is 0.778. The molecule has 0 radical (unpaired) electrons. The van der Waals surface area contributed by atoms with Crippen molar-refractivity contribution in [2.24, 2.45) is 11.8 Å². The van der Waals surface area contributed by atoms with E-state index in [1.807, 2.05) is 24.3 Å². The number of ether oxygens (including phenoxy) is 1. The molecule has 0 aromatic heterocycles. The van der Waals surface area contributed by atoms with Crippen molar-refractivity contribution in [1.29, 1.82) is 0 Å². The summed E-state index contributed by atoms with van der Waals surface area (Å²) < 4.78 is 5.09. The Kier molecular flexibility index (Phi) is 3.31. The van der Waals surface area contributed by atoms with Gasteiger partial charge in [0.2, 0.25) is 0 Å². The van der Waals surface area contributed by atoms with Gasteiger partial charge >= 0.3 is 5.97 Å². The fraction of sp³-hybridized carbons (Fsp3) is 0.467. The molecule has 100 valence electrons. The number of esters is 1. The van der Waals surface area contributed by atoms with Gasteiger partial charge in [-0.05, 0) is 42.9 Å². The maximum atomic E-state index is 11.8. The Hall–Kier alpha value is -1.35. The molecular formula is C15H15ClO3. The SMILES string of the molecule is O=C(COC(=O)[C@@H]1C[C@@H]1c1ccc(Cl)cc1)C1CC1. The summed E-state index contributed by atoms with van der Waals surface area (Å²) in [6.45, 7) is -0.0483. The number of rotatable bonds is 5. The minimum Gasteiger partial charge on any atom is -0.457 e. The van der Waals surface area contributed by atoms with Crippen molar-refractivity contribution >= 4 is 23.4 Å². The minimum atomic E-state index is -0.242. The molecule has 0 heterocycles. The average molecular weight is 279 g/mol. The maximum absolute atomic E-state index is 11.8. The zero-order chi connectivity index (χ0) is 13.4. The number of Topliss-reactive ketones (excluding diaryl/α,β-unsaturated/α-hetero) is 1. The number of hydrogen-bond acceptors (Lipinski definition) is 3. The first-order valence-corrected chi connectivity index (χ1v) is 6.98. The summed E-state index contributed by atoms with van der Waals surface area (Å²) in [4.78, 5) is 23.3. The molecule has 4 heteroatoms. The van der Waals surface area contributed by atoms with Gasteiger partial charge in [0.25, 0.3) is 0 Å². The van der Waals surface area contributed by atoms with Gasteiger partial charge in [-0.2, -0.15) is 0 Å². The molecule has 0 bridgehead atoms. The number of ketones is 1. The third kappa shape index (κ3) is 2.98. The van der Waals surface area contributed by atoms with Gasteiger partial charge in [-0.25, -0.2) is 0 Å². The molecule has 2 aliphatic rings. The first-order chi connectivity index (χ1) is 9.15. The van der Waals surface area contributed by atoms with E-state index in [0.717, 1.165) is 24.8 Å². The van der Waals surface area contributed by atoms with Crippen molar-refractivity contribution in [1.82, 2.24) is 0 Å². The molecule has 1 aromatic rings. The lowest BCUT2D eigenvalue weighted by Gasteiger charge is -2.03. The normalized spacial score (nSPS) is 24.9. The summed E-state index contributed by atoms with van der Waals surface area (Å²) in [6.07, 6.45) is 2.71. The number of carbonyl (C=O) groups is 2. The zero-order valence-corrected chi connectivity index (χ0v) is 11.2. The first-order valence-electron chi connectivity index (χ1n) is 6.60. The van der Waals surface area contributed by atoms with Crippen LogP contribution in [0.25, 0.3) is 0 Å². The standard InChI is InChI=1S/C15H15ClO3/c16-11-5-3-9(4-6-11)12-7-13(12)15(18)19-8-14(17)10-1-2-10/h3-6,10,12-13H,1-2,7-8H2/t12-,13-/m1/s1. The third-order valence-electron chi connectivity index (χ3n) is 3.78. The molecule has 3 rings (SSSR count). The van der Waals surface area contributed by atoms with Gasteiger partial charge in [0, 0.05) is 10.9 Å². The molecule has 0 saturated heterocycles. The molecule has 3 nitrogen and oxygen atoms in total. The Morgan fingerprint density at radius 2 is 1.89 bits per heavy atom. The molecule has 0 spiro atoms. The molecule has 19 heavy (non-hydrogen) atoms. The molecule has 0 unspecified atom stereocenters. The highest BCUT2D eigenvalue weighted by Crippen LogP contribution is 2.48. The van der Waals surface area contributed by atoms with Crippen molar-refractivity contribution in [3.63, 3.8) is 0 Å². The van der Waals surface area contributed by atoms with Gasteiger partial charge in [-0.3, -0.25) is 9.59 Å². The fourth-order valence-electron chi connectivity index (χ4n) is 2.31. The topological polar surface area (TPSA) is 43.4 Å². The van der Waals surface area contributed by atoms with Crippen LogP contribution in [0.5, 0.6) is 0 Å². The van der Waals surface area contributed by atoms with Crippen molar-refractivity contribution in [3.05, 3.63) is 34.9 Å². The van der Waals surface area contributed by atoms with Crippen LogP contribution in [0, 0.1) is 11.8 Å². The molecule has 2 aliphatic carbocycles. The second-order valence-electron chi connectivity index (χ2n) is 5.35. The van der Waals surface area contributed by atoms with Crippen LogP contribution >= 0.6 is 11.6 Å². The Balaban J connectivity index is 1.49. The van der Waals surface area contributed by atoms with Crippen LogP contribution in [0.4, 0.5) is 0 Å². The van der Waals surface area contributed by atoms with E-state index in [0.29, 0.717) is 5.02 Å². The largest absolute Gasteiger partial charge is 0.457 e. The second-order valence-corrected chi connectivity index (χ2v) is 5.78. The maximum Gasteiger partial charge on any atom is 0.310 e. The lowest BCUT2D eigenvalue weighted by atomic mass is 10.1. The zero-order valence-electron chi connectivity index (χ0n) is 10.5. The predicted molar refractivity (Wildman–Crippen MR) is 71.0 cm³/mol. The van der Waals surface area contributed by atoms with Gasteiger partial charge in [0.15, 0.2) is 5.78 Å². The molecule has 2 saturated carbocycles. The van der Waals surface area contributed by atoms with E-state index in [9.17, 15) is 9.59 Å². The molecule has 1 aromatic carbocycles. The van der Waals surface area contributed by atoms with Crippen LogP contribution in [0.1, 0.15) is 30.7 Å². The summed E-state index contributed by atoms with van der Waals surface area (Å²) in [5.74, 6) is 0.110. The highest BCUT2D eigenvalue weighted by atomic mass is 35.5. The lowest BCUT2D eigenvalue weighted by Crippen LogP contribution is -2.16. The predicted octanol–water partition coefficient (Wildman–Crippen LogP) is 2.97. The summed E-state index contributed by atoms with van der Waals surface area (Å²) in [5, 5.41) is 0.693. The third-order valence-corrected chi connectivity index (χ3v) is 4.03. The average Bonchev–Trinajstić information content (AvgIpc) is 3.28. The van der Waals surface area contributed by atoms with E-state index in [1.54, 1.807) is 0 Å². The Labute approximate surface area is 116 Å². The fourth-order valence-corrected chi connectivity index (χ4v) is 2.43. The smallest absolute Gasteiger partial charge is 0.310 e. The van der Waals surface area contributed by atoms with E-state index in [1.165, 1.54) is 0 Å². The Morgan fingerprint density at radius 3 is 2.53 bits per heavy atom. The summed E-state index contributed by atoms with van der Waals surface area (Å²) in [7, 11) is 0.